The second-order valence-corrected chi connectivity index (χ2v) is 5.61. The third kappa shape index (κ3) is 4.50. The van der Waals surface area contributed by atoms with Gasteiger partial charge in [0.1, 0.15) is 12.4 Å². The lowest BCUT2D eigenvalue weighted by Crippen LogP contribution is -2.36. The molecule has 3 heteroatoms. The molecule has 1 aliphatic rings. The summed E-state index contributed by atoms with van der Waals surface area (Å²) in [5, 5.41) is 12.5. The van der Waals surface area contributed by atoms with Crippen LogP contribution in [0.5, 0.6) is 5.75 Å². The van der Waals surface area contributed by atoms with E-state index >= 15 is 0 Å². The van der Waals surface area contributed by atoms with Gasteiger partial charge in [-0.1, -0.05) is 13.0 Å². The maximum absolute atomic E-state index is 9.10. The first-order valence-corrected chi connectivity index (χ1v) is 7.92. The van der Waals surface area contributed by atoms with Gasteiger partial charge in [0.15, 0.2) is 0 Å². The summed E-state index contributed by atoms with van der Waals surface area (Å²) >= 11 is 0. The van der Waals surface area contributed by atoms with E-state index in [9.17, 15) is 0 Å². The summed E-state index contributed by atoms with van der Waals surface area (Å²) < 4.78 is 5.91. The van der Waals surface area contributed by atoms with Gasteiger partial charge in [-0.15, -0.1) is 0 Å². The van der Waals surface area contributed by atoms with Crippen LogP contribution in [0.4, 0.5) is 0 Å². The smallest absolute Gasteiger partial charge is 0.119 e. The van der Waals surface area contributed by atoms with Crippen molar-refractivity contribution in [1.82, 2.24) is 5.32 Å². The molecule has 0 amide bonds. The monoisotopic (exact) mass is 277 g/mol. The van der Waals surface area contributed by atoms with Crippen molar-refractivity contribution < 1.29 is 9.84 Å². The van der Waals surface area contributed by atoms with Crippen molar-refractivity contribution >= 4 is 0 Å². The van der Waals surface area contributed by atoms with Crippen LogP contribution in [0.3, 0.4) is 0 Å². The van der Waals surface area contributed by atoms with Gasteiger partial charge in [0.05, 0.1) is 0 Å². The van der Waals surface area contributed by atoms with Crippen LogP contribution < -0.4 is 10.1 Å². The molecule has 0 aromatic heterocycles. The number of aryl methyl sites for hydroxylation is 2. The molecule has 1 aliphatic carbocycles. The molecule has 2 N–H and O–H groups in total. The van der Waals surface area contributed by atoms with E-state index in [-0.39, 0.29) is 12.6 Å². The first kappa shape index (κ1) is 15.3. The highest BCUT2D eigenvalue weighted by atomic mass is 16.5. The Morgan fingerprint density at radius 2 is 2.05 bits per heavy atom. The maximum Gasteiger partial charge on any atom is 0.119 e. The second kappa shape index (κ2) is 8.28. The van der Waals surface area contributed by atoms with E-state index in [0.717, 1.165) is 25.1 Å². The van der Waals surface area contributed by atoms with E-state index in [2.05, 4.69) is 30.4 Å². The summed E-state index contributed by atoms with van der Waals surface area (Å²) in [6.07, 6.45) is 6.83. The Balaban J connectivity index is 1.88. The highest BCUT2D eigenvalue weighted by Gasteiger charge is 2.11. The summed E-state index contributed by atoms with van der Waals surface area (Å²) in [6.45, 7) is 3.94. The minimum absolute atomic E-state index is 0.203. The molecular weight excluding hydrogens is 250 g/mol. The summed E-state index contributed by atoms with van der Waals surface area (Å²) in [7, 11) is 0. The Kier molecular flexibility index (Phi) is 6.34. The number of hydrogen-bond donors (Lipinski definition) is 2. The number of nitrogens with one attached hydrogen (secondary N) is 1. The van der Waals surface area contributed by atoms with Gasteiger partial charge in [-0.25, -0.2) is 0 Å². The van der Waals surface area contributed by atoms with Crippen molar-refractivity contribution in [2.24, 2.45) is 0 Å². The summed E-state index contributed by atoms with van der Waals surface area (Å²) in [4.78, 5) is 0. The van der Waals surface area contributed by atoms with Crippen molar-refractivity contribution in [2.45, 2.75) is 51.5 Å². The lowest BCUT2D eigenvalue weighted by atomic mass is 9.92. The SMILES string of the molecule is CCCNC(CCO)COc1ccc2c(c1)CCCC2. The summed E-state index contributed by atoms with van der Waals surface area (Å²) in [6, 6.07) is 6.73. The summed E-state index contributed by atoms with van der Waals surface area (Å²) in [5.41, 5.74) is 2.94. The Bertz CT molecular complexity index is 406. The van der Waals surface area contributed by atoms with Crippen molar-refractivity contribution in [3.8, 4) is 5.75 Å². The zero-order chi connectivity index (χ0) is 14.2. The maximum atomic E-state index is 9.10. The van der Waals surface area contributed by atoms with E-state index in [0.29, 0.717) is 6.61 Å². The second-order valence-electron chi connectivity index (χ2n) is 5.61. The van der Waals surface area contributed by atoms with Crippen molar-refractivity contribution in [1.29, 1.82) is 0 Å². The molecule has 0 radical (unpaired) electrons. The van der Waals surface area contributed by atoms with Crippen LogP contribution in [-0.4, -0.2) is 30.9 Å². The van der Waals surface area contributed by atoms with Crippen LogP contribution in [0.1, 0.15) is 43.7 Å². The van der Waals surface area contributed by atoms with E-state index in [4.69, 9.17) is 9.84 Å². The van der Waals surface area contributed by atoms with Crippen LogP contribution in [0.25, 0.3) is 0 Å². The molecule has 0 saturated carbocycles. The average molecular weight is 277 g/mol. The topological polar surface area (TPSA) is 41.5 Å². The zero-order valence-corrected chi connectivity index (χ0v) is 12.5. The predicted molar refractivity (Wildman–Crippen MR) is 82.4 cm³/mol. The molecule has 0 saturated heterocycles. The fraction of sp³-hybridized carbons (Fsp3) is 0.647. The van der Waals surface area contributed by atoms with Crippen LogP contribution >= 0.6 is 0 Å². The largest absolute Gasteiger partial charge is 0.492 e. The number of benzene rings is 1. The number of fused-ring (bicyclic) bond motifs is 1. The Morgan fingerprint density at radius 3 is 2.80 bits per heavy atom. The third-order valence-corrected chi connectivity index (χ3v) is 3.93. The normalized spacial score (nSPS) is 15.7. The Labute approximate surface area is 122 Å². The van der Waals surface area contributed by atoms with Gasteiger partial charge in [-0.3, -0.25) is 0 Å². The number of rotatable bonds is 8. The van der Waals surface area contributed by atoms with Crippen LogP contribution in [-0.2, 0) is 12.8 Å². The fourth-order valence-corrected chi connectivity index (χ4v) is 2.75. The molecule has 0 spiro atoms. The van der Waals surface area contributed by atoms with E-state index in [1.54, 1.807) is 0 Å². The molecule has 0 heterocycles. The molecule has 0 aliphatic heterocycles. The van der Waals surface area contributed by atoms with E-state index < -0.39 is 0 Å². The molecule has 0 fully saturated rings. The molecule has 1 atom stereocenters. The van der Waals surface area contributed by atoms with Gasteiger partial charge in [0.25, 0.3) is 0 Å². The molecule has 20 heavy (non-hydrogen) atoms. The molecule has 0 bridgehead atoms. The van der Waals surface area contributed by atoms with Gasteiger partial charge >= 0.3 is 0 Å². The van der Waals surface area contributed by atoms with Crippen molar-refractivity contribution in [3.05, 3.63) is 29.3 Å². The predicted octanol–water partition coefficient (Wildman–Crippen LogP) is 2.69. The number of aliphatic hydroxyl groups is 1. The van der Waals surface area contributed by atoms with Crippen molar-refractivity contribution in [2.75, 3.05) is 19.8 Å². The third-order valence-electron chi connectivity index (χ3n) is 3.93. The van der Waals surface area contributed by atoms with Gasteiger partial charge in [-0.05, 0) is 68.3 Å². The van der Waals surface area contributed by atoms with E-state index in [1.807, 2.05) is 0 Å². The molecule has 1 unspecified atom stereocenters. The molecular formula is C17H27NO2. The van der Waals surface area contributed by atoms with Gasteiger partial charge < -0.3 is 15.2 Å². The van der Waals surface area contributed by atoms with Crippen molar-refractivity contribution in [3.63, 3.8) is 0 Å². The van der Waals surface area contributed by atoms with Crippen LogP contribution in [0.15, 0.2) is 18.2 Å². The highest BCUT2D eigenvalue weighted by Crippen LogP contribution is 2.25. The van der Waals surface area contributed by atoms with Crippen LogP contribution in [0.2, 0.25) is 0 Å². The minimum Gasteiger partial charge on any atom is -0.492 e. The summed E-state index contributed by atoms with van der Waals surface area (Å²) in [5.74, 6) is 0.965. The average Bonchev–Trinajstić information content (AvgIpc) is 2.50. The quantitative estimate of drug-likeness (QED) is 0.767. The fourth-order valence-electron chi connectivity index (χ4n) is 2.75. The molecule has 1 aromatic carbocycles. The lowest BCUT2D eigenvalue weighted by Gasteiger charge is -2.20. The first-order chi connectivity index (χ1) is 9.83. The van der Waals surface area contributed by atoms with Gasteiger partial charge in [0.2, 0.25) is 0 Å². The van der Waals surface area contributed by atoms with Gasteiger partial charge in [-0.2, -0.15) is 0 Å². The minimum atomic E-state index is 0.203. The zero-order valence-electron chi connectivity index (χ0n) is 12.5. The number of aliphatic hydroxyl groups excluding tert-OH is 1. The number of hydrogen-bond acceptors (Lipinski definition) is 3. The Morgan fingerprint density at radius 1 is 1.25 bits per heavy atom. The first-order valence-electron chi connectivity index (χ1n) is 7.92. The van der Waals surface area contributed by atoms with Gasteiger partial charge in [0, 0.05) is 12.6 Å². The molecule has 112 valence electrons. The van der Waals surface area contributed by atoms with Crippen LogP contribution in [0, 0.1) is 0 Å². The number of ether oxygens (including phenoxy) is 1. The molecule has 3 nitrogen and oxygen atoms in total. The van der Waals surface area contributed by atoms with E-state index in [1.165, 1.54) is 36.8 Å². The highest BCUT2D eigenvalue weighted by molar-refractivity contribution is 5.37. The lowest BCUT2D eigenvalue weighted by molar-refractivity contribution is 0.213. The molecule has 1 aromatic rings. The standard InChI is InChI=1S/C17H27NO2/c1-2-10-18-16(9-11-19)13-20-17-8-7-14-5-3-4-6-15(14)12-17/h7-8,12,16,18-19H,2-6,9-11,13H2,1H3. The molecule has 2 rings (SSSR count). The Hall–Kier alpha value is -1.06.